The molecule has 1 heterocycles. The Morgan fingerprint density at radius 1 is 1.53 bits per heavy atom. The quantitative estimate of drug-likeness (QED) is 0.770. The molecule has 0 saturated carbocycles. The number of primary amides is 1. The Morgan fingerprint density at radius 2 is 2.12 bits per heavy atom. The number of carbonyl (C=O) groups excluding carboxylic acids is 2. The summed E-state index contributed by atoms with van der Waals surface area (Å²) < 4.78 is 37.1. The van der Waals surface area contributed by atoms with Crippen LogP contribution in [0.1, 0.15) is 17.4 Å². The summed E-state index contributed by atoms with van der Waals surface area (Å²) in [6.45, 7) is 1.45. The van der Waals surface area contributed by atoms with Crippen molar-refractivity contribution in [2.45, 2.75) is 19.6 Å². The summed E-state index contributed by atoms with van der Waals surface area (Å²) in [7, 11) is 0. The van der Waals surface area contributed by atoms with Gasteiger partial charge in [0.2, 0.25) is 5.91 Å². The van der Waals surface area contributed by atoms with E-state index in [4.69, 9.17) is 5.73 Å². The highest BCUT2D eigenvalue weighted by Gasteiger charge is 2.41. The highest BCUT2D eigenvalue weighted by molar-refractivity contribution is 5.98. The molecule has 1 aromatic heterocycles. The Kier molecular flexibility index (Phi) is 3.49. The molecular weight excluding hydrogens is 241 g/mol. The Morgan fingerprint density at radius 3 is 2.59 bits per heavy atom. The van der Waals surface area contributed by atoms with E-state index in [1.165, 1.54) is 6.92 Å². The minimum Gasteiger partial charge on any atom is -0.369 e. The van der Waals surface area contributed by atoms with Gasteiger partial charge in [-0.3, -0.25) is 14.3 Å². The molecule has 0 aliphatic rings. The molecule has 6 nitrogen and oxygen atoms in total. The van der Waals surface area contributed by atoms with Gasteiger partial charge in [-0.1, -0.05) is 12.1 Å². The zero-order chi connectivity index (χ0) is 13.2. The monoisotopic (exact) mass is 250 g/mol. The van der Waals surface area contributed by atoms with Gasteiger partial charge in [-0.15, -0.1) is 5.10 Å². The maximum Gasteiger partial charge on any atom is 0.456 e. The Labute approximate surface area is 93.6 Å². The third kappa shape index (κ3) is 3.26. The van der Waals surface area contributed by atoms with Crippen LogP contribution >= 0.6 is 0 Å². The molecule has 0 aromatic carbocycles. The lowest BCUT2D eigenvalue weighted by molar-refractivity contribution is -0.121. The maximum absolute atomic E-state index is 12.0. The molecule has 0 spiro atoms. The van der Waals surface area contributed by atoms with Crippen LogP contribution in [0.25, 0.3) is 0 Å². The number of Topliss-reactive ketones (excluding diaryl/α,β-unsaturated/α-hetero) is 1. The number of hydrogen-bond acceptors (Lipinski definition) is 4. The first-order valence-electron chi connectivity index (χ1n) is 4.52. The molecule has 0 aliphatic carbocycles. The molecule has 0 radical (unpaired) electrons. The Bertz CT molecular complexity index is 440. The van der Waals surface area contributed by atoms with Gasteiger partial charge >= 0.3 is 6.18 Å². The fourth-order valence-corrected chi connectivity index (χ4v) is 1.01. The second-order valence-corrected chi connectivity index (χ2v) is 3.46. The maximum atomic E-state index is 12.0. The molecule has 2 N–H and O–H groups in total. The van der Waals surface area contributed by atoms with Gasteiger partial charge in [-0.25, -0.2) is 0 Å². The number of nitrogens with zero attached hydrogens (tertiary/aromatic N) is 3. The molecule has 0 saturated heterocycles. The molecule has 1 aromatic rings. The summed E-state index contributed by atoms with van der Waals surface area (Å²) in [5.41, 5.74) is 4.16. The average molecular weight is 250 g/mol. The third-order valence-electron chi connectivity index (χ3n) is 1.98. The van der Waals surface area contributed by atoms with Crippen LogP contribution in [0.3, 0.4) is 0 Å². The summed E-state index contributed by atoms with van der Waals surface area (Å²) in [5, 5.41) is 6.40. The van der Waals surface area contributed by atoms with Gasteiger partial charge in [0.25, 0.3) is 5.78 Å². The van der Waals surface area contributed by atoms with E-state index in [0.29, 0.717) is 0 Å². The second-order valence-electron chi connectivity index (χ2n) is 3.46. The van der Waals surface area contributed by atoms with Crippen molar-refractivity contribution in [1.29, 1.82) is 0 Å². The molecule has 0 aliphatic heterocycles. The van der Waals surface area contributed by atoms with Gasteiger partial charge < -0.3 is 5.73 Å². The molecule has 9 heteroatoms. The number of nitrogens with two attached hydrogens (primary N) is 1. The SMILES string of the molecule is CC(Cn1cc(C(=O)C(F)(F)F)nn1)C(N)=O. The molecule has 1 atom stereocenters. The van der Waals surface area contributed by atoms with Crippen molar-refractivity contribution < 1.29 is 22.8 Å². The lowest BCUT2D eigenvalue weighted by Crippen LogP contribution is -2.25. The van der Waals surface area contributed by atoms with Crippen molar-refractivity contribution in [3.63, 3.8) is 0 Å². The predicted octanol–water partition coefficient (Wildman–Crippen LogP) is 0.144. The predicted molar refractivity (Wildman–Crippen MR) is 48.8 cm³/mol. The minimum absolute atomic E-state index is 0.0343. The molecule has 17 heavy (non-hydrogen) atoms. The van der Waals surface area contributed by atoms with Crippen molar-refractivity contribution in [1.82, 2.24) is 15.0 Å². The molecule has 0 bridgehead atoms. The molecule has 94 valence electrons. The van der Waals surface area contributed by atoms with Gasteiger partial charge in [0.05, 0.1) is 18.7 Å². The third-order valence-corrected chi connectivity index (χ3v) is 1.98. The van der Waals surface area contributed by atoms with Crippen molar-refractivity contribution in [3.05, 3.63) is 11.9 Å². The van der Waals surface area contributed by atoms with Crippen LogP contribution in [-0.2, 0) is 11.3 Å². The number of rotatable bonds is 4. The van der Waals surface area contributed by atoms with Gasteiger partial charge in [0, 0.05) is 0 Å². The normalized spacial score (nSPS) is 13.4. The highest BCUT2D eigenvalue weighted by atomic mass is 19.4. The molecule has 1 amide bonds. The number of ketones is 1. The molecule has 1 rings (SSSR count). The van der Waals surface area contributed by atoms with Crippen molar-refractivity contribution >= 4 is 11.7 Å². The van der Waals surface area contributed by atoms with Gasteiger partial charge in [0.1, 0.15) is 0 Å². The van der Waals surface area contributed by atoms with Crippen LogP contribution in [0.4, 0.5) is 13.2 Å². The van der Waals surface area contributed by atoms with Crippen molar-refractivity contribution in [3.8, 4) is 0 Å². The van der Waals surface area contributed by atoms with E-state index in [9.17, 15) is 22.8 Å². The van der Waals surface area contributed by atoms with Crippen LogP contribution in [0.2, 0.25) is 0 Å². The van der Waals surface area contributed by atoms with Gasteiger partial charge in [-0.05, 0) is 0 Å². The summed E-state index contributed by atoms with van der Waals surface area (Å²) in [5.74, 6) is -3.31. The number of alkyl halides is 3. The van der Waals surface area contributed by atoms with Gasteiger partial charge in [0.15, 0.2) is 5.69 Å². The van der Waals surface area contributed by atoms with Gasteiger partial charge in [-0.2, -0.15) is 13.2 Å². The summed E-state index contributed by atoms with van der Waals surface area (Å²) in [6, 6.07) is 0. The first kappa shape index (κ1) is 13.1. The van der Waals surface area contributed by atoms with E-state index in [0.717, 1.165) is 10.9 Å². The zero-order valence-corrected chi connectivity index (χ0v) is 8.73. The van der Waals surface area contributed by atoms with E-state index in [-0.39, 0.29) is 6.54 Å². The number of halogens is 3. The standard InChI is InChI=1S/C8H9F3N4O2/c1-4(7(12)17)2-15-3-5(13-14-15)6(16)8(9,10)11/h3-4H,2H2,1H3,(H2,12,17). The minimum atomic E-state index is -4.99. The fraction of sp³-hybridized carbons (Fsp3) is 0.500. The largest absolute Gasteiger partial charge is 0.456 e. The number of amides is 1. The van der Waals surface area contributed by atoms with Crippen LogP contribution < -0.4 is 5.73 Å². The lowest BCUT2D eigenvalue weighted by atomic mass is 10.2. The first-order valence-corrected chi connectivity index (χ1v) is 4.52. The summed E-state index contributed by atoms with van der Waals surface area (Å²) in [4.78, 5) is 21.5. The van der Waals surface area contributed by atoms with Crippen molar-refractivity contribution in [2.75, 3.05) is 0 Å². The Balaban J connectivity index is 2.79. The van der Waals surface area contributed by atoms with Crippen molar-refractivity contribution in [2.24, 2.45) is 11.7 Å². The number of hydrogen-bond donors (Lipinski definition) is 1. The van der Waals surface area contributed by atoms with E-state index < -0.39 is 29.5 Å². The van der Waals surface area contributed by atoms with Crippen LogP contribution in [0.5, 0.6) is 0 Å². The number of aromatic nitrogens is 3. The average Bonchev–Trinajstić information content (AvgIpc) is 2.63. The second kappa shape index (κ2) is 4.52. The van der Waals surface area contributed by atoms with Crippen LogP contribution in [0.15, 0.2) is 6.20 Å². The summed E-state index contributed by atoms with van der Waals surface area (Å²) >= 11 is 0. The van der Waals surface area contributed by atoms with E-state index in [1.54, 1.807) is 0 Å². The first-order chi connectivity index (χ1) is 7.71. The topological polar surface area (TPSA) is 90.9 Å². The molecule has 1 unspecified atom stereocenters. The zero-order valence-electron chi connectivity index (χ0n) is 8.73. The molecule has 0 fully saturated rings. The number of carbonyl (C=O) groups is 2. The lowest BCUT2D eigenvalue weighted by Gasteiger charge is -2.05. The Hall–Kier alpha value is -1.93. The highest BCUT2D eigenvalue weighted by Crippen LogP contribution is 2.19. The molecular formula is C8H9F3N4O2. The fourth-order valence-electron chi connectivity index (χ4n) is 1.01. The smallest absolute Gasteiger partial charge is 0.369 e. The van der Waals surface area contributed by atoms with E-state index in [1.807, 2.05) is 0 Å². The summed E-state index contributed by atoms with van der Waals surface area (Å²) in [6.07, 6.45) is -4.16. The van der Waals surface area contributed by atoms with E-state index >= 15 is 0 Å². The van der Waals surface area contributed by atoms with E-state index in [2.05, 4.69) is 10.3 Å². The van der Waals surface area contributed by atoms with Crippen LogP contribution in [0, 0.1) is 5.92 Å². The van der Waals surface area contributed by atoms with Crippen LogP contribution in [-0.4, -0.2) is 32.9 Å².